The molecule has 1 radical (unpaired) electrons. The maximum atomic E-state index is 3.89. The number of nitrogens with zero attached hydrogens (tertiary/aromatic N) is 1. The van der Waals surface area contributed by atoms with Gasteiger partial charge in [0.25, 0.3) is 0 Å². The minimum Gasteiger partial charge on any atom is -0.254 e. The zero-order valence-corrected chi connectivity index (χ0v) is 5.41. The first-order valence-electron chi connectivity index (χ1n) is 3.18. The van der Waals surface area contributed by atoms with Gasteiger partial charge < -0.3 is 0 Å². The van der Waals surface area contributed by atoms with Crippen LogP contribution in [0.5, 0.6) is 0 Å². The van der Waals surface area contributed by atoms with Crippen molar-refractivity contribution in [3.8, 4) is 0 Å². The number of pyridine rings is 1. The zero-order chi connectivity index (χ0) is 6.81. The summed E-state index contributed by atoms with van der Waals surface area (Å²) in [5.41, 5.74) is 0. The van der Waals surface area contributed by atoms with E-state index in [1.807, 2.05) is 36.5 Å². The van der Waals surface area contributed by atoms with Gasteiger partial charge in [-0.2, -0.15) is 0 Å². The Hall–Kier alpha value is -1.37. The van der Waals surface area contributed by atoms with E-state index in [-0.39, 0.29) is 0 Å². The van der Waals surface area contributed by atoms with E-state index in [9.17, 15) is 0 Å². The number of benzene rings is 1. The average molecular weight is 128 g/mol. The van der Waals surface area contributed by atoms with Crippen LogP contribution in [0.2, 0.25) is 0 Å². The summed E-state index contributed by atoms with van der Waals surface area (Å²) in [6.45, 7) is 0. The Morgan fingerprint density at radius 2 is 1.90 bits per heavy atom. The van der Waals surface area contributed by atoms with Crippen molar-refractivity contribution in [1.82, 2.24) is 4.98 Å². The lowest BCUT2D eigenvalue weighted by molar-refractivity contribution is 1.35. The van der Waals surface area contributed by atoms with Crippen LogP contribution in [-0.2, 0) is 0 Å². The van der Waals surface area contributed by atoms with Crippen molar-refractivity contribution in [2.45, 2.75) is 0 Å². The van der Waals surface area contributed by atoms with E-state index >= 15 is 0 Å². The smallest absolute Gasteiger partial charge is 0.0892 e. The highest BCUT2D eigenvalue weighted by Gasteiger charge is 1.86. The number of hydrogen-bond donors (Lipinski definition) is 0. The van der Waals surface area contributed by atoms with Crippen LogP contribution in [0.15, 0.2) is 36.5 Å². The van der Waals surface area contributed by atoms with Crippen LogP contribution in [0.4, 0.5) is 0 Å². The first-order valence-corrected chi connectivity index (χ1v) is 3.18. The van der Waals surface area contributed by atoms with Crippen molar-refractivity contribution >= 4 is 10.8 Å². The number of hydrogen-bond acceptors (Lipinski definition) is 1. The van der Waals surface area contributed by atoms with Crippen molar-refractivity contribution in [3.05, 3.63) is 42.7 Å². The molecule has 2 aromatic rings. The SMILES string of the molecule is [c]1cc2ccccc2cn1. The van der Waals surface area contributed by atoms with E-state index in [1.165, 1.54) is 10.8 Å². The van der Waals surface area contributed by atoms with E-state index in [0.29, 0.717) is 0 Å². The summed E-state index contributed by atoms with van der Waals surface area (Å²) in [5.74, 6) is 0. The van der Waals surface area contributed by atoms with Crippen molar-refractivity contribution in [1.29, 1.82) is 0 Å². The second-order valence-electron chi connectivity index (χ2n) is 2.16. The number of rotatable bonds is 0. The molecule has 1 aromatic heterocycles. The van der Waals surface area contributed by atoms with Gasteiger partial charge in [-0.1, -0.05) is 24.3 Å². The van der Waals surface area contributed by atoms with Crippen LogP contribution in [-0.4, -0.2) is 4.98 Å². The molecule has 0 saturated heterocycles. The highest BCUT2D eigenvalue weighted by molar-refractivity contribution is 5.80. The summed E-state index contributed by atoms with van der Waals surface area (Å²) in [6.07, 6.45) is 4.60. The van der Waals surface area contributed by atoms with Crippen molar-refractivity contribution in [3.63, 3.8) is 0 Å². The Morgan fingerprint density at radius 1 is 1.10 bits per heavy atom. The molecule has 1 aromatic carbocycles. The maximum Gasteiger partial charge on any atom is 0.0892 e. The molecule has 0 spiro atoms. The van der Waals surface area contributed by atoms with Crippen molar-refractivity contribution in [2.24, 2.45) is 0 Å². The molecular formula is C9H6N. The van der Waals surface area contributed by atoms with E-state index in [1.54, 1.807) is 0 Å². The molecule has 0 N–H and O–H groups in total. The van der Waals surface area contributed by atoms with Crippen LogP contribution < -0.4 is 0 Å². The number of fused-ring (bicyclic) bond motifs is 1. The fraction of sp³-hybridized carbons (Fsp3) is 0. The Labute approximate surface area is 59.3 Å². The molecule has 10 heavy (non-hydrogen) atoms. The molecule has 0 aliphatic carbocycles. The van der Waals surface area contributed by atoms with E-state index < -0.39 is 0 Å². The number of aromatic nitrogens is 1. The molecule has 0 bridgehead atoms. The Bertz CT molecular complexity index is 276. The molecule has 0 unspecified atom stereocenters. The second-order valence-corrected chi connectivity index (χ2v) is 2.16. The molecule has 47 valence electrons. The molecule has 1 heteroatoms. The molecule has 1 nitrogen and oxygen atoms in total. The third kappa shape index (κ3) is 0.760. The lowest BCUT2D eigenvalue weighted by Gasteiger charge is -1.91. The standard InChI is InChI=1S/C9H6N/c1-2-4-9-7-10-6-5-8(9)3-1/h1-5,7H. The van der Waals surface area contributed by atoms with E-state index in [2.05, 4.69) is 11.2 Å². The van der Waals surface area contributed by atoms with Crippen molar-refractivity contribution in [2.75, 3.05) is 0 Å². The van der Waals surface area contributed by atoms with Gasteiger partial charge in [0.2, 0.25) is 0 Å². The molecule has 2 rings (SSSR count). The van der Waals surface area contributed by atoms with E-state index in [4.69, 9.17) is 0 Å². The molecular weight excluding hydrogens is 122 g/mol. The molecule has 0 amide bonds. The van der Waals surface area contributed by atoms with Crippen LogP contribution >= 0.6 is 0 Å². The highest BCUT2D eigenvalue weighted by atomic mass is 14.6. The van der Waals surface area contributed by atoms with Gasteiger partial charge in [-0.05, 0) is 11.5 Å². The van der Waals surface area contributed by atoms with Gasteiger partial charge in [-0.15, -0.1) is 0 Å². The average Bonchev–Trinajstić information content (AvgIpc) is 2.05. The van der Waals surface area contributed by atoms with Crippen LogP contribution in [0, 0.1) is 6.20 Å². The fourth-order valence-corrected chi connectivity index (χ4v) is 0.974. The molecule has 0 aliphatic heterocycles. The summed E-state index contributed by atoms with van der Waals surface area (Å²) >= 11 is 0. The van der Waals surface area contributed by atoms with Crippen LogP contribution in [0.25, 0.3) is 10.8 Å². The Morgan fingerprint density at radius 3 is 2.70 bits per heavy atom. The van der Waals surface area contributed by atoms with Gasteiger partial charge in [0.05, 0.1) is 6.20 Å². The summed E-state index contributed by atoms with van der Waals surface area (Å²) in [5, 5.41) is 2.36. The summed E-state index contributed by atoms with van der Waals surface area (Å²) in [4.78, 5) is 3.89. The largest absolute Gasteiger partial charge is 0.254 e. The quantitative estimate of drug-likeness (QED) is 0.529. The normalized spacial score (nSPS) is 10.0. The monoisotopic (exact) mass is 128 g/mol. The van der Waals surface area contributed by atoms with Gasteiger partial charge in [0, 0.05) is 11.6 Å². The predicted octanol–water partition coefficient (Wildman–Crippen LogP) is 2.03. The van der Waals surface area contributed by atoms with Crippen LogP contribution in [0.1, 0.15) is 0 Å². The minimum absolute atomic E-state index is 1.17. The van der Waals surface area contributed by atoms with Gasteiger partial charge in [0.15, 0.2) is 0 Å². The fourth-order valence-electron chi connectivity index (χ4n) is 0.974. The van der Waals surface area contributed by atoms with Crippen molar-refractivity contribution < 1.29 is 0 Å². The Balaban J connectivity index is 2.89. The summed E-state index contributed by atoms with van der Waals surface area (Å²) < 4.78 is 0. The van der Waals surface area contributed by atoms with Crippen LogP contribution in [0.3, 0.4) is 0 Å². The molecule has 0 aliphatic rings. The molecule has 0 saturated carbocycles. The summed E-state index contributed by atoms with van der Waals surface area (Å²) in [6, 6.07) is 9.99. The summed E-state index contributed by atoms with van der Waals surface area (Å²) in [7, 11) is 0. The topological polar surface area (TPSA) is 12.9 Å². The first kappa shape index (κ1) is 5.42. The molecule has 0 fully saturated rings. The lowest BCUT2D eigenvalue weighted by Crippen LogP contribution is -1.72. The van der Waals surface area contributed by atoms with Gasteiger partial charge >= 0.3 is 0 Å². The maximum absolute atomic E-state index is 3.89. The first-order chi connectivity index (χ1) is 4.97. The Kier molecular flexibility index (Phi) is 1.14. The molecule has 1 heterocycles. The third-order valence-corrected chi connectivity index (χ3v) is 1.49. The second kappa shape index (κ2) is 2.10. The van der Waals surface area contributed by atoms with E-state index in [0.717, 1.165) is 0 Å². The minimum atomic E-state index is 1.17. The van der Waals surface area contributed by atoms with Gasteiger partial charge in [-0.3, -0.25) is 4.98 Å². The zero-order valence-electron chi connectivity index (χ0n) is 5.41. The van der Waals surface area contributed by atoms with Gasteiger partial charge in [-0.25, -0.2) is 0 Å². The third-order valence-electron chi connectivity index (χ3n) is 1.49. The lowest BCUT2D eigenvalue weighted by atomic mass is 10.2. The predicted molar refractivity (Wildman–Crippen MR) is 40.6 cm³/mol. The van der Waals surface area contributed by atoms with Gasteiger partial charge in [0.1, 0.15) is 0 Å². The molecule has 0 atom stereocenters. The highest BCUT2D eigenvalue weighted by Crippen LogP contribution is 2.09.